The maximum absolute atomic E-state index is 13.7. The van der Waals surface area contributed by atoms with E-state index in [1.165, 1.54) is 36.3 Å². The van der Waals surface area contributed by atoms with Gasteiger partial charge in [0.25, 0.3) is 5.91 Å². The first-order valence-electron chi connectivity index (χ1n) is 10.8. The first-order valence-corrected chi connectivity index (χ1v) is 12.2. The van der Waals surface area contributed by atoms with E-state index in [9.17, 15) is 23.2 Å². The molecule has 10 nitrogen and oxygen atoms in total. The number of hydrogen-bond acceptors (Lipinski definition) is 7. The van der Waals surface area contributed by atoms with Crippen LogP contribution in [0, 0.1) is 11.8 Å². The number of hydroxylamine groups is 1. The summed E-state index contributed by atoms with van der Waals surface area (Å²) in [5.41, 5.74) is 2.57. The SMILES string of the molecule is CC#CCOc1ccc(S(=O)(=O)N2Cc3ccccc3N(C(=O)CCOC)CC2C(=O)NO)cc1. The summed E-state index contributed by atoms with van der Waals surface area (Å²) in [5, 5.41) is 9.38. The second-order valence-electron chi connectivity index (χ2n) is 7.60. The second-order valence-corrected chi connectivity index (χ2v) is 9.50. The average molecular weight is 502 g/mol. The molecule has 1 atom stereocenters. The van der Waals surface area contributed by atoms with Crippen LogP contribution in [-0.4, -0.2) is 62.7 Å². The summed E-state index contributed by atoms with van der Waals surface area (Å²) < 4.78 is 38.8. The summed E-state index contributed by atoms with van der Waals surface area (Å²) in [6, 6.07) is 11.2. The Kier molecular flexibility index (Phi) is 8.84. The highest BCUT2D eigenvalue weighted by molar-refractivity contribution is 7.89. The molecule has 11 heteroatoms. The molecular formula is C24H27N3O7S. The first kappa shape index (κ1) is 26.2. The third kappa shape index (κ3) is 5.98. The number of rotatable bonds is 8. The lowest BCUT2D eigenvalue weighted by atomic mass is 10.1. The second kappa shape index (κ2) is 11.8. The quantitative estimate of drug-likeness (QED) is 0.319. The van der Waals surface area contributed by atoms with E-state index in [0.29, 0.717) is 17.0 Å². The molecule has 0 radical (unpaired) electrons. The van der Waals surface area contributed by atoms with E-state index >= 15 is 0 Å². The van der Waals surface area contributed by atoms with Crippen molar-refractivity contribution in [3.8, 4) is 17.6 Å². The van der Waals surface area contributed by atoms with Gasteiger partial charge in [0.1, 0.15) is 18.4 Å². The summed E-state index contributed by atoms with van der Waals surface area (Å²) in [4.78, 5) is 26.9. The Morgan fingerprint density at radius 2 is 1.89 bits per heavy atom. The Bertz CT molecular complexity index is 1220. The number of anilines is 1. The number of benzene rings is 2. The van der Waals surface area contributed by atoms with E-state index in [1.807, 2.05) is 0 Å². The number of nitrogens with one attached hydrogen (secondary N) is 1. The monoisotopic (exact) mass is 501 g/mol. The number of fused-ring (bicyclic) bond motifs is 1. The topological polar surface area (TPSA) is 125 Å². The van der Waals surface area contributed by atoms with E-state index in [1.54, 1.807) is 36.7 Å². The summed E-state index contributed by atoms with van der Waals surface area (Å²) in [5.74, 6) is 4.60. The van der Waals surface area contributed by atoms with Gasteiger partial charge in [-0.25, -0.2) is 13.9 Å². The molecule has 35 heavy (non-hydrogen) atoms. The number of amides is 2. The van der Waals surface area contributed by atoms with Gasteiger partial charge in [-0.15, -0.1) is 5.92 Å². The lowest BCUT2D eigenvalue weighted by molar-refractivity contribution is -0.133. The van der Waals surface area contributed by atoms with E-state index in [0.717, 1.165) is 4.31 Å². The van der Waals surface area contributed by atoms with Crippen LogP contribution in [0.5, 0.6) is 5.75 Å². The lowest BCUT2D eigenvalue weighted by Crippen LogP contribution is -2.53. The van der Waals surface area contributed by atoms with Crippen LogP contribution in [0.2, 0.25) is 0 Å². The standard InChI is InChI=1S/C24H27N3O7S/c1-3-4-14-34-19-9-11-20(12-10-19)35(31,32)27-16-18-7-5-6-8-21(18)26(23(28)13-15-33-2)17-22(27)24(29)25-30/h5-12,22,30H,13-17H2,1-2H3,(H,25,29). The molecule has 2 aromatic rings. The van der Waals surface area contributed by atoms with Gasteiger partial charge in [0.15, 0.2) is 0 Å². The predicted octanol–water partition coefficient (Wildman–Crippen LogP) is 1.54. The van der Waals surface area contributed by atoms with Gasteiger partial charge in [0.2, 0.25) is 15.9 Å². The van der Waals surface area contributed by atoms with Gasteiger partial charge in [0, 0.05) is 19.3 Å². The number of ether oxygens (including phenoxy) is 2. The molecular weight excluding hydrogens is 474 g/mol. The molecule has 0 aromatic heterocycles. The predicted molar refractivity (Wildman–Crippen MR) is 127 cm³/mol. The Balaban J connectivity index is 2.01. The van der Waals surface area contributed by atoms with Crippen molar-refractivity contribution in [2.45, 2.75) is 30.8 Å². The third-order valence-electron chi connectivity index (χ3n) is 5.46. The molecule has 2 N–H and O–H groups in total. The smallest absolute Gasteiger partial charge is 0.263 e. The minimum Gasteiger partial charge on any atom is -0.481 e. The number of hydrogen-bond donors (Lipinski definition) is 2. The summed E-state index contributed by atoms with van der Waals surface area (Å²) in [7, 11) is -2.76. The van der Waals surface area contributed by atoms with Crippen molar-refractivity contribution in [2.75, 3.05) is 31.8 Å². The maximum Gasteiger partial charge on any atom is 0.263 e. The maximum atomic E-state index is 13.7. The molecule has 2 aromatic carbocycles. The molecule has 0 aliphatic carbocycles. The molecule has 1 aliphatic rings. The van der Waals surface area contributed by atoms with Crippen LogP contribution in [0.25, 0.3) is 0 Å². The van der Waals surface area contributed by atoms with Crippen LogP contribution in [0.1, 0.15) is 18.9 Å². The van der Waals surface area contributed by atoms with Gasteiger partial charge in [-0.3, -0.25) is 14.8 Å². The largest absolute Gasteiger partial charge is 0.481 e. The summed E-state index contributed by atoms with van der Waals surface area (Å²) in [6.07, 6.45) is 0.0366. The molecule has 1 unspecified atom stereocenters. The fourth-order valence-electron chi connectivity index (χ4n) is 3.68. The van der Waals surface area contributed by atoms with Crippen molar-refractivity contribution in [3.63, 3.8) is 0 Å². The van der Waals surface area contributed by atoms with E-state index in [-0.39, 0.29) is 43.5 Å². The van der Waals surface area contributed by atoms with Crippen LogP contribution in [0.15, 0.2) is 53.4 Å². The first-order chi connectivity index (χ1) is 16.8. The molecule has 0 saturated heterocycles. The number of carbonyl (C=O) groups excluding carboxylic acids is 2. The highest BCUT2D eigenvalue weighted by Gasteiger charge is 2.41. The van der Waals surface area contributed by atoms with Gasteiger partial charge < -0.3 is 14.4 Å². The fourth-order valence-corrected chi connectivity index (χ4v) is 5.24. The van der Waals surface area contributed by atoms with Crippen molar-refractivity contribution < 1.29 is 32.7 Å². The van der Waals surface area contributed by atoms with Crippen LogP contribution in [-0.2, 0) is 30.9 Å². The van der Waals surface area contributed by atoms with E-state index in [4.69, 9.17) is 9.47 Å². The van der Waals surface area contributed by atoms with E-state index in [2.05, 4.69) is 11.8 Å². The number of nitrogens with zero attached hydrogens (tertiary/aromatic N) is 2. The normalized spacial score (nSPS) is 15.9. The number of methoxy groups -OCH3 is 1. The third-order valence-corrected chi connectivity index (χ3v) is 7.33. The zero-order chi connectivity index (χ0) is 25.4. The molecule has 0 bridgehead atoms. The van der Waals surface area contributed by atoms with Gasteiger partial charge in [-0.1, -0.05) is 24.1 Å². The van der Waals surface area contributed by atoms with Crippen LogP contribution < -0.4 is 15.1 Å². The Morgan fingerprint density at radius 1 is 1.17 bits per heavy atom. The van der Waals surface area contributed by atoms with Crippen LogP contribution in [0.4, 0.5) is 5.69 Å². The summed E-state index contributed by atoms with van der Waals surface area (Å²) >= 11 is 0. The Hall–Kier alpha value is -3.43. The van der Waals surface area contributed by atoms with Gasteiger partial charge >= 0.3 is 0 Å². The van der Waals surface area contributed by atoms with Gasteiger partial charge in [-0.2, -0.15) is 4.31 Å². The number of para-hydroxylation sites is 1. The zero-order valence-electron chi connectivity index (χ0n) is 19.4. The molecule has 0 fully saturated rings. The molecule has 0 saturated carbocycles. The summed E-state index contributed by atoms with van der Waals surface area (Å²) in [6.45, 7) is 1.53. The molecule has 1 heterocycles. The highest BCUT2D eigenvalue weighted by Crippen LogP contribution is 2.32. The minimum absolute atomic E-state index is 0.0366. The van der Waals surface area contributed by atoms with Crippen molar-refractivity contribution in [3.05, 3.63) is 54.1 Å². The van der Waals surface area contributed by atoms with Crippen LogP contribution >= 0.6 is 0 Å². The number of carbonyl (C=O) groups is 2. The van der Waals surface area contributed by atoms with Crippen LogP contribution in [0.3, 0.4) is 0 Å². The molecule has 2 amide bonds. The van der Waals surface area contributed by atoms with Crippen molar-refractivity contribution in [1.82, 2.24) is 9.79 Å². The lowest BCUT2D eigenvalue weighted by Gasteiger charge is -2.29. The number of sulfonamides is 1. The van der Waals surface area contributed by atoms with Crippen molar-refractivity contribution in [1.29, 1.82) is 0 Å². The van der Waals surface area contributed by atoms with Crippen molar-refractivity contribution >= 4 is 27.5 Å². The molecule has 0 spiro atoms. The Labute approximate surface area is 204 Å². The zero-order valence-corrected chi connectivity index (χ0v) is 20.2. The van der Waals surface area contributed by atoms with E-state index < -0.39 is 22.0 Å². The fraction of sp³-hybridized carbons (Fsp3) is 0.333. The molecule has 186 valence electrons. The minimum atomic E-state index is -4.23. The highest BCUT2D eigenvalue weighted by atomic mass is 32.2. The molecule has 1 aliphatic heterocycles. The van der Waals surface area contributed by atoms with Gasteiger partial charge in [0.05, 0.1) is 24.5 Å². The van der Waals surface area contributed by atoms with Crippen molar-refractivity contribution in [2.24, 2.45) is 0 Å². The Morgan fingerprint density at radius 3 is 2.54 bits per heavy atom. The molecule has 3 rings (SSSR count). The average Bonchev–Trinajstić information content (AvgIpc) is 3.05. The van der Waals surface area contributed by atoms with Gasteiger partial charge in [-0.05, 0) is 42.8 Å².